The Morgan fingerprint density at radius 1 is 1.18 bits per heavy atom. The van der Waals surface area contributed by atoms with Gasteiger partial charge in [0, 0.05) is 19.4 Å². The van der Waals surface area contributed by atoms with Gasteiger partial charge in [0.2, 0.25) is 18.6 Å². The Morgan fingerprint density at radius 2 is 1.87 bits per heavy atom. The maximum atomic E-state index is 13.1. The number of β-lactam (4-membered cyclic amide) rings is 1. The quantitative estimate of drug-likeness (QED) is 0.315. The van der Waals surface area contributed by atoms with Gasteiger partial charge >= 0.3 is 18.0 Å². The number of hydrogen-bond acceptors (Lipinski definition) is 9. The van der Waals surface area contributed by atoms with Crippen molar-refractivity contribution in [2.24, 2.45) is 18.4 Å². The van der Waals surface area contributed by atoms with Crippen molar-refractivity contribution in [3.8, 4) is 5.75 Å². The number of benzene rings is 1. The van der Waals surface area contributed by atoms with Crippen molar-refractivity contribution in [2.45, 2.75) is 46.3 Å². The minimum Gasteiger partial charge on any atom is -0.427 e. The number of imidazole rings is 1. The summed E-state index contributed by atoms with van der Waals surface area (Å²) in [5.41, 5.74) is 0.394. The molecule has 2 aromatic rings. The maximum Gasteiger partial charge on any atom is 0.419 e. The molecule has 1 aromatic heterocycles. The summed E-state index contributed by atoms with van der Waals surface area (Å²) in [5, 5.41) is 12.6. The molecule has 0 bridgehead atoms. The van der Waals surface area contributed by atoms with Gasteiger partial charge in [-0.3, -0.25) is 14.9 Å². The van der Waals surface area contributed by atoms with E-state index in [1.54, 1.807) is 62.8 Å². The molecule has 3 heterocycles. The van der Waals surface area contributed by atoms with E-state index in [4.69, 9.17) is 14.2 Å². The van der Waals surface area contributed by atoms with Crippen LogP contribution >= 0.6 is 0 Å². The van der Waals surface area contributed by atoms with E-state index >= 15 is 0 Å². The molecule has 1 saturated heterocycles. The number of fused-ring (bicyclic) bond motifs is 1. The van der Waals surface area contributed by atoms with Crippen LogP contribution in [0.25, 0.3) is 5.57 Å². The standard InChI is InChI=1S/C26H30N4O8/c1-14(31)19-18-12-17(20(30(18)21(19)32)22(33)36-13-37-23(34)26(2,3)4)15-6-8-16(9-7-15)38-25(35)28-24-27-10-11-29(24)5/h6-11,14,18-19,31H,12-13H2,1-5H3,(H,27,28,35)/t14-,18-,19-/m1/s1. The fraction of sp³-hybridized carbons (Fsp3) is 0.423. The molecule has 2 aliphatic rings. The summed E-state index contributed by atoms with van der Waals surface area (Å²) < 4.78 is 17.1. The van der Waals surface area contributed by atoms with E-state index in [0.29, 0.717) is 23.5 Å². The molecule has 2 amide bonds. The van der Waals surface area contributed by atoms with Crippen molar-refractivity contribution in [1.29, 1.82) is 0 Å². The second kappa shape index (κ2) is 10.3. The van der Waals surface area contributed by atoms with Crippen LogP contribution in [-0.4, -0.2) is 62.4 Å². The van der Waals surface area contributed by atoms with Crippen LogP contribution in [0.15, 0.2) is 42.4 Å². The highest BCUT2D eigenvalue weighted by atomic mass is 16.7. The van der Waals surface area contributed by atoms with Crippen LogP contribution < -0.4 is 10.1 Å². The van der Waals surface area contributed by atoms with Gasteiger partial charge in [0.05, 0.1) is 23.5 Å². The zero-order valence-corrected chi connectivity index (χ0v) is 21.8. The number of nitrogens with one attached hydrogen (secondary N) is 1. The average Bonchev–Trinajstić information content (AvgIpc) is 3.39. The zero-order chi connectivity index (χ0) is 27.8. The van der Waals surface area contributed by atoms with Gasteiger partial charge in [-0.15, -0.1) is 0 Å². The summed E-state index contributed by atoms with van der Waals surface area (Å²) in [7, 11) is 1.72. The highest BCUT2D eigenvalue weighted by molar-refractivity contribution is 6.06. The molecular formula is C26H30N4O8. The number of carbonyl (C=O) groups is 4. The van der Waals surface area contributed by atoms with Gasteiger partial charge in [-0.1, -0.05) is 12.1 Å². The first kappa shape index (κ1) is 26.9. The number of aliphatic hydroxyl groups is 1. The molecule has 0 spiro atoms. The second-order valence-corrected chi connectivity index (χ2v) is 10.2. The van der Waals surface area contributed by atoms with Gasteiger partial charge < -0.3 is 28.8 Å². The largest absolute Gasteiger partial charge is 0.427 e. The van der Waals surface area contributed by atoms with E-state index in [2.05, 4.69) is 10.3 Å². The highest BCUT2D eigenvalue weighted by Crippen LogP contribution is 2.47. The number of esters is 2. The number of ether oxygens (including phenoxy) is 3. The SMILES string of the molecule is C[C@@H](O)[C@H]1C(=O)N2C(C(=O)OCOC(=O)C(C)(C)C)=C(c3ccc(OC(=O)Nc4nccn4C)cc3)C[C@H]12. The Hall–Kier alpha value is -4.19. The van der Waals surface area contributed by atoms with Gasteiger partial charge in [-0.2, -0.15) is 0 Å². The van der Waals surface area contributed by atoms with Crippen LogP contribution in [0.3, 0.4) is 0 Å². The van der Waals surface area contributed by atoms with Crippen molar-refractivity contribution < 1.29 is 38.5 Å². The van der Waals surface area contributed by atoms with Crippen LogP contribution in [-0.2, 0) is 30.9 Å². The fourth-order valence-electron chi connectivity index (χ4n) is 4.37. The molecule has 0 aliphatic carbocycles. The Kier molecular flexibility index (Phi) is 7.27. The first-order valence-electron chi connectivity index (χ1n) is 12.0. The summed E-state index contributed by atoms with van der Waals surface area (Å²) >= 11 is 0. The number of aromatic nitrogens is 2. The number of rotatable bonds is 7. The molecule has 1 aromatic carbocycles. The molecule has 12 nitrogen and oxygen atoms in total. The lowest BCUT2D eigenvalue weighted by atomic mass is 9.82. The fourth-order valence-corrected chi connectivity index (χ4v) is 4.37. The highest BCUT2D eigenvalue weighted by Gasteiger charge is 2.57. The molecule has 202 valence electrons. The third-order valence-electron chi connectivity index (χ3n) is 6.36. The Bertz CT molecular complexity index is 1290. The number of anilines is 1. The molecule has 1 fully saturated rings. The Balaban J connectivity index is 1.51. The van der Waals surface area contributed by atoms with E-state index in [-0.39, 0.29) is 17.4 Å². The average molecular weight is 527 g/mol. The van der Waals surface area contributed by atoms with E-state index in [9.17, 15) is 24.3 Å². The van der Waals surface area contributed by atoms with Crippen LogP contribution in [0.1, 0.15) is 39.7 Å². The van der Waals surface area contributed by atoms with E-state index < -0.39 is 48.3 Å². The number of aliphatic hydroxyl groups excluding tert-OH is 1. The Morgan fingerprint density at radius 3 is 2.45 bits per heavy atom. The normalized spacial score (nSPS) is 19.4. The third kappa shape index (κ3) is 5.25. The van der Waals surface area contributed by atoms with Crippen molar-refractivity contribution in [2.75, 3.05) is 12.1 Å². The minimum atomic E-state index is -0.888. The molecular weight excluding hydrogens is 496 g/mol. The number of hydrogen-bond donors (Lipinski definition) is 2. The summed E-state index contributed by atoms with van der Waals surface area (Å²) in [6.45, 7) is 5.94. The number of amides is 2. The lowest BCUT2D eigenvalue weighted by Crippen LogP contribution is -2.61. The van der Waals surface area contributed by atoms with Crippen LogP contribution in [0.4, 0.5) is 10.7 Å². The molecule has 38 heavy (non-hydrogen) atoms. The van der Waals surface area contributed by atoms with Gasteiger partial charge in [0.1, 0.15) is 11.4 Å². The zero-order valence-electron chi connectivity index (χ0n) is 21.8. The van der Waals surface area contributed by atoms with Crippen LogP contribution in [0.2, 0.25) is 0 Å². The lowest BCUT2D eigenvalue weighted by Gasteiger charge is -2.44. The smallest absolute Gasteiger partial charge is 0.419 e. The number of carbonyl (C=O) groups excluding carboxylic acids is 4. The van der Waals surface area contributed by atoms with Gasteiger partial charge in [-0.05, 0) is 57.4 Å². The van der Waals surface area contributed by atoms with Gasteiger partial charge in [0.15, 0.2) is 0 Å². The second-order valence-electron chi connectivity index (χ2n) is 10.2. The predicted molar refractivity (Wildman–Crippen MR) is 133 cm³/mol. The topological polar surface area (TPSA) is 149 Å². The van der Waals surface area contributed by atoms with E-state index in [0.717, 1.165) is 0 Å². The molecule has 12 heteroatoms. The molecule has 0 radical (unpaired) electrons. The van der Waals surface area contributed by atoms with Crippen LogP contribution in [0, 0.1) is 11.3 Å². The van der Waals surface area contributed by atoms with Crippen molar-refractivity contribution in [1.82, 2.24) is 14.5 Å². The molecule has 0 unspecified atom stereocenters. The maximum absolute atomic E-state index is 13.1. The van der Waals surface area contributed by atoms with Crippen molar-refractivity contribution >= 4 is 35.5 Å². The first-order valence-corrected chi connectivity index (χ1v) is 12.0. The summed E-state index contributed by atoms with van der Waals surface area (Å²) in [5.74, 6) is -1.83. The van der Waals surface area contributed by atoms with Gasteiger partial charge in [0.25, 0.3) is 0 Å². The van der Waals surface area contributed by atoms with E-state index in [1.807, 2.05) is 0 Å². The summed E-state index contributed by atoms with van der Waals surface area (Å²) in [6.07, 6.45) is 1.91. The van der Waals surface area contributed by atoms with Crippen LogP contribution in [0.5, 0.6) is 5.75 Å². The first-order chi connectivity index (χ1) is 17.9. The lowest BCUT2D eigenvalue weighted by molar-refractivity contribution is -0.175. The minimum absolute atomic E-state index is 0.0323. The Labute approximate surface area is 219 Å². The van der Waals surface area contributed by atoms with Gasteiger partial charge in [-0.25, -0.2) is 14.6 Å². The van der Waals surface area contributed by atoms with E-state index in [1.165, 1.54) is 18.0 Å². The van der Waals surface area contributed by atoms with Crippen molar-refractivity contribution in [3.63, 3.8) is 0 Å². The summed E-state index contributed by atoms with van der Waals surface area (Å²) in [4.78, 5) is 55.4. The molecule has 4 rings (SSSR count). The number of nitrogens with zero attached hydrogens (tertiary/aromatic N) is 3. The molecule has 2 aliphatic heterocycles. The molecule has 2 N–H and O–H groups in total. The summed E-state index contributed by atoms with van der Waals surface area (Å²) in [6, 6.07) is 6.01. The molecule has 0 saturated carbocycles. The monoisotopic (exact) mass is 526 g/mol. The predicted octanol–water partition coefficient (Wildman–Crippen LogP) is 2.44. The number of aryl methyl sites for hydroxylation is 1. The molecule has 3 atom stereocenters. The van der Waals surface area contributed by atoms with Crippen molar-refractivity contribution in [3.05, 3.63) is 47.9 Å². The third-order valence-corrected chi connectivity index (χ3v) is 6.36.